The number of aryl methyl sites for hydroxylation is 1. The predicted octanol–water partition coefficient (Wildman–Crippen LogP) is 1.83. The van der Waals surface area contributed by atoms with E-state index in [1.165, 1.54) is 12.8 Å². The first kappa shape index (κ1) is 16.4. The van der Waals surface area contributed by atoms with Gasteiger partial charge in [0.25, 0.3) is 0 Å². The lowest BCUT2D eigenvalue weighted by atomic mass is 10.0. The summed E-state index contributed by atoms with van der Waals surface area (Å²) >= 11 is 0. The lowest BCUT2D eigenvalue weighted by molar-refractivity contribution is -0.125. The number of hydrogen-bond donors (Lipinski definition) is 1. The molecule has 0 aliphatic heterocycles. The first-order valence-electron chi connectivity index (χ1n) is 8.35. The van der Waals surface area contributed by atoms with E-state index in [2.05, 4.69) is 20.8 Å². The molecule has 1 saturated carbocycles. The van der Waals surface area contributed by atoms with Gasteiger partial charge in [0.05, 0.1) is 7.11 Å². The Hall–Kier alpha value is -2.44. The highest BCUT2D eigenvalue weighted by molar-refractivity contribution is 5.81. The number of nitrogens with one attached hydrogen (secondary N) is 1. The van der Waals surface area contributed by atoms with Crippen molar-refractivity contribution in [2.24, 2.45) is 0 Å². The molecule has 1 fully saturated rings. The van der Waals surface area contributed by atoms with E-state index in [9.17, 15) is 4.79 Å². The molecule has 1 aromatic heterocycles. The van der Waals surface area contributed by atoms with Crippen LogP contribution in [0.1, 0.15) is 43.1 Å². The number of nitrogens with zero attached hydrogens (tertiary/aromatic N) is 4. The molecule has 7 nitrogen and oxygen atoms in total. The molecule has 1 aromatic carbocycles. The Labute approximate surface area is 141 Å². The van der Waals surface area contributed by atoms with Gasteiger partial charge in [0.2, 0.25) is 5.91 Å². The molecular formula is C17H23N5O2. The number of rotatable bonds is 6. The maximum absolute atomic E-state index is 12.8. The predicted molar refractivity (Wildman–Crippen MR) is 88.7 cm³/mol. The number of aromatic nitrogens is 4. The van der Waals surface area contributed by atoms with Gasteiger partial charge in [-0.05, 0) is 47.9 Å². The Balaban J connectivity index is 1.81. The monoisotopic (exact) mass is 329 g/mol. The highest BCUT2D eigenvalue weighted by Gasteiger charge is 2.27. The lowest BCUT2D eigenvalue weighted by Crippen LogP contribution is -2.40. The summed E-state index contributed by atoms with van der Waals surface area (Å²) in [6.07, 6.45) is 4.96. The van der Waals surface area contributed by atoms with Crippen LogP contribution in [0.2, 0.25) is 0 Å². The van der Waals surface area contributed by atoms with Crippen molar-refractivity contribution in [2.45, 2.75) is 51.1 Å². The third kappa shape index (κ3) is 3.72. The van der Waals surface area contributed by atoms with Gasteiger partial charge >= 0.3 is 0 Å². The molecule has 1 aliphatic carbocycles. The molecular weight excluding hydrogens is 306 g/mol. The van der Waals surface area contributed by atoms with E-state index in [0.717, 1.165) is 24.2 Å². The zero-order chi connectivity index (χ0) is 16.9. The summed E-state index contributed by atoms with van der Waals surface area (Å²) in [4.78, 5) is 12.8. The Morgan fingerprint density at radius 1 is 1.42 bits per heavy atom. The van der Waals surface area contributed by atoms with E-state index in [1.807, 2.05) is 24.3 Å². The second-order valence-corrected chi connectivity index (χ2v) is 6.23. The van der Waals surface area contributed by atoms with Crippen LogP contribution in [0.3, 0.4) is 0 Å². The molecule has 3 rings (SSSR count). The molecule has 128 valence electrons. The SMILES string of the molecule is COc1cccc(C[C@H](C(=O)NC2CCCC2)n2nnnc2C)c1. The van der Waals surface area contributed by atoms with Crippen LogP contribution in [-0.4, -0.2) is 39.3 Å². The van der Waals surface area contributed by atoms with E-state index in [0.29, 0.717) is 12.2 Å². The molecule has 0 saturated heterocycles. The van der Waals surface area contributed by atoms with Gasteiger partial charge < -0.3 is 10.1 Å². The van der Waals surface area contributed by atoms with E-state index in [4.69, 9.17) is 4.74 Å². The highest BCUT2D eigenvalue weighted by Crippen LogP contribution is 2.22. The minimum absolute atomic E-state index is 0.0277. The summed E-state index contributed by atoms with van der Waals surface area (Å²) in [7, 11) is 1.63. The number of benzene rings is 1. The van der Waals surface area contributed by atoms with Crippen molar-refractivity contribution < 1.29 is 9.53 Å². The number of carbonyl (C=O) groups is 1. The Kier molecular flexibility index (Phi) is 5.08. The van der Waals surface area contributed by atoms with Gasteiger partial charge in [0.1, 0.15) is 17.6 Å². The molecule has 0 radical (unpaired) electrons. The van der Waals surface area contributed by atoms with Crippen LogP contribution in [0.4, 0.5) is 0 Å². The van der Waals surface area contributed by atoms with Crippen LogP contribution in [0, 0.1) is 6.92 Å². The average molecular weight is 329 g/mol. The Morgan fingerprint density at radius 3 is 2.88 bits per heavy atom. The first-order chi connectivity index (χ1) is 11.7. The van der Waals surface area contributed by atoms with Crippen LogP contribution in [-0.2, 0) is 11.2 Å². The van der Waals surface area contributed by atoms with Crippen molar-refractivity contribution in [3.05, 3.63) is 35.7 Å². The van der Waals surface area contributed by atoms with E-state index < -0.39 is 6.04 Å². The van der Waals surface area contributed by atoms with Gasteiger partial charge in [-0.15, -0.1) is 5.10 Å². The van der Waals surface area contributed by atoms with Crippen molar-refractivity contribution in [3.8, 4) is 5.75 Å². The number of methoxy groups -OCH3 is 1. The van der Waals surface area contributed by atoms with Crippen LogP contribution in [0.15, 0.2) is 24.3 Å². The molecule has 2 aromatic rings. The fraction of sp³-hybridized carbons (Fsp3) is 0.529. The maximum Gasteiger partial charge on any atom is 0.245 e. The largest absolute Gasteiger partial charge is 0.497 e. The van der Waals surface area contributed by atoms with Crippen molar-refractivity contribution in [1.82, 2.24) is 25.5 Å². The lowest BCUT2D eigenvalue weighted by Gasteiger charge is -2.20. The van der Waals surface area contributed by atoms with Gasteiger partial charge in [0, 0.05) is 12.5 Å². The minimum atomic E-state index is -0.465. The smallest absolute Gasteiger partial charge is 0.245 e. The molecule has 7 heteroatoms. The summed E-state index contributed by atoms with van der Waals surface area (Å²) in [6.45, 7) is 1.81. The van der Waals surface area contributed by atoms with E-state index in [-0.39, 0.29) is 11.9 Å². The molecule has 24 heavy (non-hydrogen) atoms. The van der Waals surface area contributed by atoms with Gasteiger partial charge in [-0.3, -0.25) is 4.79 Å². The van der Waals surface area contributed by atoms with Crippen LogP contribution in [0.5, 0.6) is 5.75 Å². The van der Waals surface area contributed by atoms with Crippen molar-refractivity contribution in [3.63, 3.8) is 0 Å². The number of ether oxygens (including phenoxy) is 1. The van der Waals surface area contributed by atoms with Crippen molar-refractivity contribution in [2.75, 3.05) is 7.11 Å². The topological polar surface area (TPSA) is 81.9 Å². The normalized spacial score (nSPS) is 16.1. The molecule has 1 amide bonds. The third-order valence-electron chi connectivity index (χ3n) is 4.52. The summed E-state index contributed by atoms with van der Waals surface area (Å²) in [6, 6.07) is 7.54. The Bertz CT molecular complexity index is 694. The summed E-state index contributed by atoms with van der Waals surface area (Å²) in [5.74, 6) is 1.38. The summed E-state index contributed by atoms with van der Waals surface area (Å²) in [5, 5.41) is 14.8. The number of hydrogen-bond acceptors (Lipinski definition) is 5. The number of carbonyl (C=O) groups excluding carboxylic acids is 1. The fourth-order valence-electron chi connectivity index (χ4n) is 3.21. The maximum atomic E-state index is 12.8. The van der Waals surface area contributed by atoms with Crippen LogP contribution >= 0.6 is 0 Å². The van der Waals surface area contributed by atoms with E-state index >= 15 is 0 Å². The number of amides is 1. The number of tetrazole rings is 1. The first-order valence-corrected chi connectivity index (χ1v) is 8.35. The van der Waals surface area contributed by atoms with Gasteiger partial charge in [-0.2, -0.15) is 0 Å². The molecule has 1 N–H and O–H groups in total. The molecule has 1 atom stereocenters. The molecule has 1 heterocycles. The van der Waals surface area contributed by atoms with Crippen LogP contribution < -0.4 is 10.1 Å². The van der Waals surface area contributed by atoms with Crippen LogP contribution in [0.25, 0.3) is 0 Å². The zero-order valence-electron chi connectivity index (χ0n) is 14.1. The second-order valence-electron chi connectivity index (χ2n) is 6.23. The van der Waals surface area contributed by atoms with Gasteiger partial charge in [0.15, 0.2) is 0 Å². The Morgan fingerprint density at radius 2 is 2.21 bits per heavy atom. The third-order valence-corrected chi connectivity index (χ3v) is 4.52. The minimum Gasteiger partial charge on any atom is -0.497 e. The molecule has 0 unspecified atom stereocenters. The van der Waals surface area contributed by atoms with Gasteiger partial charge in [-0.1, -0.05) is 25.0 Å². The van der Waals surface area contributed by atoms with Crippen molar-refractivity contribution >= 4 is 5.91 Å². The molecule has 0 spiro atoms. The summed E-state index contributed by atoms with van der Waals surface area (Å²) in [5.41, 5.74) is 1.01. The van der Waals surface area contributed by atoms with Crippen molar-refractivity contribution in [1.29, 1.82) is 0 Å². The molecule has 0 bridgehead atoms. The second kappa shape index (κ2) is 7.42. The highest BCUT2D eigenvalue weighted by atomic mass is 16.5. The van der Waals surface area contributed by atoms with E-state index in [1.54, 1.807) is 18.7 Å². The standard InChI is InChI=1S/C17H23N5O2/c1-12-19-20-21-22(12)16(17(23)18-14-7-3-4-8-14)11-13-6-5-9-15(10-13)24-2/h5-6,9-10,14,16H,3-4,7-8,11H2,1-2H3,(H,18,23)/t16-/m1/s1. The average Bonchev–Trinajstić information content (AvgIpc) is 3.24. The fourth-order valence-corrected chi connectivity index (χ4v) is 3.21. The van der Waals surface area contributed by atoms with Gasteiger partial charge in [-0.25, -0.2) is 4.68 Å². The summed E-state index contributed by atoms with van der Waals surface area (Å²) < 4.78 is 6.87. The zero-order valence-corrected chi connectivity index (χ0v) is 14.1. The quantitative estimate of drug-likeness (QED) is 0.874. The molecule has 1 aliphatic rings.